The van der Waals surface area contributed by atoms with Crippen LogP contribution in [-0.4, -0.2) is 16.3 Å². The molecule has 0 saturated carbocycles. The van der Waals surface area contributed by atoms with Crippen LogP contribution in [0.3, 0.4) is 0 Å². The number of nitrogens with zero attached hydrogens (tertiary/aromatic N) is 2. The lowest BCUT2D eigenvalue weighted by Gasteiger charge is -2.12. The molecule has 1 aromatic heterocycles. The van der Waals surface area contributed by atoms with Crippen LogP contribution in [0.2, 0.25) is 0 Å². The number of rotatable bonds is 4. The second-order valence-electron chi connectivity index (χ2n) is 3.82. The van der Waals surface area contributed by atoms with E-state index in [4.69, 9.17) is 16.2 Å². The Bertz CT molecular complexity index is 585. The van der Waals surface area contributed by atoms with Gasteiger partial charge in [-0.3, -0.25) is 0 Å². The van der Waals surface area contributed by atoms with Gasteiger partial charge in [0.1, 0.15) is 15.8 Å². The number of aryl methyl sites for hydroxylation is 1. The number of aromatic nitrogens is 2. The summed E-state index contributed by atoms with van der Waals surface area (Å²) in [5, 5.41) is 9.68. The zero-order valence-electron chi connectivity index (χ0n) is 10.4. The van der Waals surface area contributed by atoms with E-state index >= 15 is 0 Å². The SMILES string of the molecule is CCc1nnc(C(N)c2ccccc2OC(N)=O)s1. The summed E-state index contributed by atoms with van der Waals surface area (Å²) in [6.07, 6.45) is -0.0600. The highest BCUT2D eigenvalue weighted by molar-refractivity contribution is 7.11. The van der Waals surface area contributed by atoms with Gasteiger partial charge in [0.25, 0.3) is 0 Å². The van der Waals surface area contributed by atoms with E-state index in [-0.39, 0.29) is 0 Å². The highest BCUT2D eigenvalue weighted by Gasteiger charge is 2.19. The maximum Gasteiger partial charge on any atom is 0.409 e. The quantitative estimate of drug-likeness (QED) is 0.884. The van der Waals surface area contributed by atoms with Crippen molar-refractivity contribution in [1.29, 1.82) is 0 Å². The minimum atomic E-state index is -0.869. The van der Waals surface area contributed by atoms with E-state index < -0.39 is 12.1 Å². The van der Waals surface area contributed by atoms with E-state index in [0.29, 0.717) is 16.3 Å². The predicted octanol–water partition coefficient (Wildman–Crippen LogP) is 1.61. The fourth-order valence-electron chi connectivity index (χ4n) is 1.61. The summed E-state index contributed by atoms with van der Waals surface area (Å²) in [6.45, 7) is 2.00. The van der Waals surface area contributed by atoms with Crippen molar-refractivity contribution < 1.29 is 9.53 Å². The van der Waals surface area contributed by atoms with Crippen molar-refractivity contribution in [3.63, 3.8) is 0 Å². The number of hydrogen-bond acceptors (Lipinski definition) is 6. The van der Waals surface area contributed by atoms with E-state index in [9.17, 15) is 4.79 Å². The highest BCUT2D eigenvalue weighted by atomic mass is 32.1. The normalized spacial score (nSPS) is 12.1. The molecule has 7 heteroatoms. The first-order valence-corrected chi connectivity index (χ1v) is 6.57. The van der Waals surface area contributed by atoms with Gasteiger partial charge in [0.2, 0.25) is 0 Å². The zero-order valence-corrected chi connectivity index (χ0v) is 11.2. The summed E-state index contributed by atoms with van der Waals surface area (Å²) >= 11 is 1.44. The first-order chi connectivity index (χ1) is 9.11. The van der Waals surface area contributed by atoms with Crippen LogP contribution in [-0.2, 0) is 6.42 Å². The van der Waals surface area contributed by atoms with E-state index in [1.807, 2.05) is 13.0 Å². The minimum absolute atomic E-state index is 0.343. The average Bonchev–Trinajstić information content (AvgIpc) is 2.86. The van der Waals surface area contributed by atoms with E-state index in [1.54, 1.807) is 18.2 Å². The Hall–Kier alpha value is -1.99. The second kappa shape index (κ2) is 5.77. The molecule has 0 aliphatic rings. The van der Waals surface area contributed by atoms with Crippen LogP contribution < -0.4 is 16.2 Å². The Morgan fingerprint density at radius 3 is 2.79 bits per heavy atom. The van der Waals surface area contributed by atoms with Gasteiger partial charge in [-0.25, -0.2) is 4.79 Å². The fourth-order valence-corrected chi connectivity index (χ4v) is 2.41. The number of amides is 1. The van der Waals surface area contributed by atoms with Gasteiger partial charge >= 0.3 is 6.09 Å². The molecule has 2 rings (SSSR count). The number of ether oxygens (including phenoxy) is 1. The molecule has 1 unspecified atom stereocenters. The van der Waals surface area contributed by atoms with Crippen molar-refractivity contribution in [1.82, 2.24) is 10.2 Å². The molecule has 2 aromatic rings. The third kappa shape index (κ3) is 3.07. The third-order valence-corrected chi connectivity index (χ3v) is 3.67. The van der Waals surface area contributed by atoms with Crippen molar-refractivity contribution >= 4 is 17.4 Å². The average molecular weight is 278 g/mol. The lowest BCUT2D eigenvalue weighted by atomic mass is 10.1. The molecule has 0 fully saturated rings. The number of hydrogen-bond donors (Lipinski definition) is 2. The molecule has 0 saturated heterocycles. The molecule has 0 bridgehead atoms. The van der Waals surface area contributed by atoms with Crippen molar-refractivity contribution in [2.24, 2.45) is 11.5 Å². The first kappa shape index (κ1) is 13.4. The minimum Gasteiger partial charge on any atom is -0.410 e. The molecular formula is C12H14N4O2S. The van der Waals surface area contributed by atoms with Crippen LogP contribution in [0.5, 0.6) is 5.75 Å². The lowest BCUT2D eigenvalue weighted by Crippen LogP contribution is -2.19. The number of para-hydroxylation sites is 1. The van der Waals surface area contributed by atoms with Gasteiger partial charge < -0.3 is 16.2 Å². The summed E-state index contributed by atoms with van der Waals surface area (Å²) in [5.41, 5.74) is 11.8. The van der Waals surface area contributed by atoms with Crippen molar-refractivity contribution in [2.45, 2.75) is 19.4 Å². The predicted molar refractivity (Wildman–Crippen MR) is 72.0 cm³/mol. The van der Waals surface area contributed by atoms with Crippen molar-refractivity contribution in [3.05, 3.63) is 39.8 Å². The molecule has 0 aliphatic carbocycles. The number of benzene rings is 1. The van der Waals surface area contributed by atoms with Gasteiger partial charge in [-0.1, -0.05) is 36.5 Å². The molecule has 0 aliphatic heterocycles. The van der Waals surface area contributed by atoms with Crippen molar-refractivity contribution in [2.75, 3.05) is 0 Å². The van der Waals surface area contributed by atoms with Crippen molar-refractivity contribution in [3.8, 4) is 5.75 Å². The maximum atomic E-state index is 10.9. The zero-order chi connectivity index (χ0) is 13.8. The van der Waals surface area contributed by atoms with E-state index in [0.717, 1.165) is 11.4 Å². The van der Waals surface area contributed by atoms with Gasteiger partial charge in [0.15, 0.2) is 0 Å². The number of nitrogens with two attached hydrogens (primary N) is 2. The van der Waals surface area contributed by atoms with Crippen LogP contribution in [0.1, 0.15) is 28.5 Å². The number of carbonyl (C=O) groups is 1. The molecule has 1 amide bonds. The monoisotopic (exact) mass is 278 g/mol. The Morgan fingerprint density at radius 2 is 2.16 bits per heavy atom. The third-order valence-electron chi connectivity index (χ3n) is 2.52. The van der Waals surface area contributed by atoms with Crippen LogP contribution in [0, 0.1) is 0 Å². The van der Waals surface area contributed by atoms with E-state index in [2.05, 4.69) is 10.2 Å². The van der Waals surface area contributed by atoms with Crippen LogP contribution in [0.25, 0.3) is 0 Å². The molecule has 1 aromatic carbocycles. The summed E-state index contributed by atoms with van der Waals surface area (Å²) in [4.78, 5) is 10.9. The Morgan fingerprint density at radius 1 is 1.42 bits per heavy atom. The second-order valence-corrected chi connectivity index (χ2v) is 4.92. The largest absolute Gasteiger partial charge is 0.410 e. The molecule has 1 atom stereocenters. The summed E-state index contributed by atoms with van der Waals surface area (Å²) in [5.74, 6) is 0.343. The summed E-state index contributed by atoms with van der Waals surface area (Å²) < 4.78 is 4.94. The topological polar surface area (TPSA) is 104 Å². The van der Waals surface area contributed by atoms with Crippen LogP contribution in [0.4, 0.5) is 4.79 Å². The molecule has 19 heavy (non-hydrogen) atoms. The lowest BCUT2D eigenvalue weighted by molar-refractivity contribution is 0.210. The Labute approximate surface area is 114 Å². The molecule has 4 N–H and O–H groups in total. The van der Waals surface area contributed by atoms with Gasteiger partial charge in [0.05, 0.1) is 6.04 Å². The molecule has 100 valence electrons. The Balaban J connectivity index is 2.32. The molecule has 0 spiro atoms. The smallest absolute Gasteiger partial charge is 0.409 e. The standard InChI is InChI=1S/C12H14N4O2S/c1-2-9-15-16-11(19-9)10(13)7-5-3-4-6-8(7)18-12(14)17/h3-6,10H,2,13H2,1H3,(H2,14,17). The molecular weight excluding hydrogens is 264 g/mol. The number of primary amides is 1. The maximum absolute atomic E-state index is 10.9. The molecule has 6 nitrogen and oxygen atoms in total. The fraction of sp³-hybridized carbons (Fsp3) is 0.250. The first-order valence-electron chi connectivity index (χ1n) is 5.76. The van der Waals surface area contributed by atoms with Gasteiger partial charge in [0, 0.05) is 5.56 Å². The molecule has 0 radical (unpaired) electrons. The molecule has 1 heterocycles. The van der Waals surface area contributed by atoms with Gasteiger partial charge in [-0.05, 0) is 12.5 Å². The van der Waals surface area contributed by atoms with Crippen LogP contribution in [0.15, 0.2) is 24.3 Å². The highest BCUT2D eigenvalue weighted by Crippen LogP contribution is 2.29. The van der Waals surface area contributed by atoms with Crippen LogP contribution >= 0.6 is 11.3 Å². The summed E-state index contributed by atoms with van der Waals surface area (Å²) in [6, 6.07) is 6.47. The number of carbonyl (C=O) groups excluding carboxylic acids is 1. The van der Waals surface area contributed by atoms with Gasteiger partial charge in [-0.2, -0.15) is 0 Å². The van der Waals surface area contributed by atoms with E-state index in [1.165, 1.54) is 11.3 Å². The Kier molecular flexibility index (Phi) is 4.08. The summed E-state index contributed by atoms with van der Waals surface area (Å²) in [7, 11) is 0. The van der Waals surface area contributed by atoms with Gasteiger partial charge in [-0.15, -0.1) is 10.2 Å².